The Morgan fingerprint density at radius 3 is 2.57 bits per heavy atom. The lowest BCUT2D eigenvalue weighted by molar-refractivity contribution is -0.145. The van der Waals surface area contributed by atoms with Crippen molar-refractivity contribution in [1.82, 2.24) is 0 Å². The molecule has 0 spiro atoms. The SMILES string of the molecule is CCOC(=O)COc1ccc2c(c1)C(=O)c1ccccc1CC2. The summed E-state index contributed by atoms with van der Waals surface area (Å²) in [7, 11) is 0. The topological polar surface area (TPSA) is 52.6 Å². The maximum absolute atomic E-state index is 12.8. The summed E-state index contributed by atoms with van der Waals surface area (Å²) in [5.74, 6) is 0.0957. The molecule has 0 saturated carbocycles. The quantitative estimate of drug-likeness (QED) is 0.815. The molecule has 4 heteroatoms. The monoisotopic (exact) mass is 310 g/mol. The fraction of sp³-hybridized carbons (Fsp3) is 0.263. The lowest BCUT2D eigenvalue weighted by Crippen LogP contribution is -2.15. The second-order valence-corrected chi connectivity index (χ2v) is 5.40. The van der Waals surface area contributed by atoms with Crippen molar-refractivity contribution in [3.05, 3.63) is 64.7 Å². The molecule has 2 aromatic carbocycles. The second-order valence-electron chi connectivity index (χ2n) is 5.40. The molecule has 0 N–H and O–H groups in total. The Morgan fingerprint density at radius 2 is 1.78 bits per heavy atom. The van der Waals surface area contributed by atoms with Gasteiger partial charge < -0.3 is 9.47 Å². The Kier molecular flexibility index (Phi) is 4.42. The van der Waals surface area contributed by atoms with Crippen LogP contribution in [0.5, 0.6) is 5.75 Å². The van der Waals surface area contributed by atoms with Gasteiger partial charge in [0.05, 0.1) is 6.61 Å². The summed E-state index contributed by atoms with van der Waals surface area (Å²) in [6.07, 6.45) is 1.66. The van der Waals surface area contributed by atoms with E-state index in [1.807, 2.05) is 30.3 Å². The number of esters is 1. The van der Waals surface area contributed by atoms with Gasteiger partial charge in [0, 0.05) is 11.1 Å². The van der Waals surface area contributed by atoms with Crippen molar-refractivity contribution >= 4 is 11.8 Å². The Hall–Kier alpha value is -2.62. The summed E-state index contributed by atoms with van der Waals surface area (Å²) < 4.78 is 10.3. The predicted molar refractivity (Wildman–Crippen MR) is 85.9 cm³/mol. The van der Waals surface area contributed by atoms with E-state index < -0.39 is 5.97 Å². The molecule has 0 aromatic heterocycles. The zero-order valence-corrected chi connectivity index (χ0v) is 13.0. The maximum atomic E-state index is 12.8. The Balaban J connectivity index is 1.85. The Bertz CT molecular complexity index is 749. The van der Waals surface area contributed by atoms with E-state index in [9.17, 15) is 9.59 Å². The van der Waals surface area contributed by atoms with Gasteiger partial charge in [-0.25, -0.2) is 4.79 Å². The van der Waals surface area contributed by atoms with Crippen molar-refractivity contribution < 1.29 is 19.1 Å². The van der Waals surface area contributed by atoms with E-state index in [-0.39, 0.29) is 12.4 Å². The van der Waals surface area contributed by atoms with E-state index in [1.54, 1.807) is 19.1 Å². The summed E-state index contributed by atoms with van der Waals surface area (Å²) in [4.78, 5) is 24.1. The normalized spacial score (nSPS) is 12.8. The summed E-state index contributed by atoms with van der Waals surface area (Å²) >= 11 is 0. The number of aryl methyl sites for hydroxylation is 2. The summed E-state index contributed by atoms with van der Waals surface area (Å²) in [5, 5.41) is 0. The Morgan fingerprint density at radius 1 is 1.04 bits per heavy atom. The summed E-state index contributed by atoms with van der Waals surface area (Å²) in [5.41, 5.74) is 3.47. The van der Waals surface area contributed by atoms with Crippen molar-refractivity contribution in [3.63, 3.8) is 0 Å². The van der Waals surface area contributed by atoms with Crippen molar-refractivity contribution in [3.8, 4) is 5.75 Å². The van der Waals surface area contributed by atoms with Gasteiger partial charge in [0.1, 0.15) is 5.75 Å². The van der Waals surface area contributed by atoms with Crippen molar-refractivity contribution in [1.29, 1.82) is 0 Å². The molecular formula is C19H18O4. The number of benzene rings is 2. The third-order valence-electron chi connectivity index (χ3n) is 3.91. The minimum Gasteiger partial charge on any atom is -0.482 e. The maximum Gasteiger partial charge on any atom is 0.344 e. The fourth-order valence-electron chi connectivity index (χ4n) is 2.79. The molecule has 4 nitrogen and oxygen atoms in total. The van der Waals surface area contributed by atoms with Crippen LogP contribution in [0.25, 0.3) is 0 Å². The minimum atomic E-state index is -0.417. The van der Waals surface area contributed by atoms with E-state index >= 15 is 0 Å². The molecule has 0 heterocycles. The molecule has 0 atom stereocenters. The first-order valence-corrected chi connectivity index (χ1v) is 7.73. The van der Waals surface area contributed by atoms with Gasteiger partial charge in [-0.15, -0.1) is 0 Å². The van der Waals surface area contributed by atoms with Crippen molar-refractivity contribution in [2.24, 2.45) is 0 Å². The molecule has 0 fully saturated rings. The number of carbonyl (C=O) groups excluding carboxylic acids is 2. The number of carbonyl (C=O) groups is 2. The van der Waals surface area contributed by atoms with Crippen LogP contribution in [-0.2, 0) is 22.4 Å². The van der Waals surface area contributed by atoms with Gasteiger partial charge in [0.2, 0.25) is 0 Å². The zero-order valence-electron chi connectivity index (χ0n) is 13.0. The lowest BCUT2D eigenvalue weighted by Gasteiger charge is -2.10. The van der Waals surface area contributed by atoms with Gasteiger partial charge in [-0.2, -0.15) is 0 Å². The molecule has 1 aliphatic carbocycles. The third kappa shape index (κ3) is 3.26. The largest absolute Gasteiger partial charge is 0.482 e. The van der Waals surface area contributed by atoms with Crippen LogP contribution in [0.15, 0.2) is 42.5 Å². The first kappa shape index (κ1) is 15.3. The molecular weight excluding hydrogens is 292 g/mol. The van der Waals surface area contributed by atoms with Gasteiger partial charge in [0.25, 0.3) is 0 Å². The highest BCUT2D eigenvalue weighted by Gasteiger charge is 2.21. The lowest BCUT2D eigenvalue weighted by atomic mass is 9.99. The van der Waals surface area contributed by atoms with Crippen LogP contribution in [0.4, 0.5) is 0 Å². The van der Waals surface area contributed by atoms with Gasteiger partial charge in [-0.05, 0) is 43.0 Å². The number of fused-ring (bicyclic) bond motifs is 2. The standard InChI is InChI=1S/C19H18O4/c1-2-22-18(20)12-23-15-10-9-14-8-7-13-5-3-4-6-16(13)19(21)17(14)11-15/h3-6,9-11H,2,7-8,12H2,1H3. The smallest absolute Gasteiger partial charge is 0.344 e. The first-order chi connectivity index (χ1) is 11.2. The highest BCUT2D eigenvalue weighted by Crippen LogP contribution is 2.27. The number of ketones is 1. The van der Waals surface area contributed by atoms with Crippen molar-refractivity contribution in [2.75, 3.05) is 13.2 Å². The molecule has 3 rings (SSSR count). The number of ether oxygens (including phenoxy) is 2. The molecule has 1 aliphatic rings. The third-order valence-corrected chi connectivity index (χ3v) is 3.91. The van der Waals surface area contributed by atoms with Gasteiger partial charge in [0.15, 0.2) is 12.4 Å². The predicted octanol–water partition coefficient (Wildman–Crippen LogP) is 2.96. The van der Waals surface area contributed by atoms with E-state index in [2.05, 4.69) is 0 Å². The minimum absolute atomic E-state index is 0.00897. The molecule has 23 heavy (non-hydrogen) atoms. The van der Waals surface area contributed by atoms with Crippen LogP contribution < -0.4 is 4.74 Å². The molecule has 0 radical (unpaired) electrons. The van der Waals surface area contributed by atoms with Gasteiger partial charge in [-0.1, -0.05) is 30.3 Å². The van der Waals surface area contributed by atoms with E-state index in [0.29, 0.717) is 17.9 Å². The summed E-state index contributed by atoms with van der Waals surface area (Å²) in [6.45, 7) is 1.91. The average Bonchev–Trinajstić information content (AvgIpc) is 2.71. The van der Waals surface area contributed by atoms with Gasteiger partial charge in [-0.3, -0.25) is 4.79 Å². The number of rotatable bonds is 4. The van der Waals surface area contributed by atoms with Crippen LogP contribution >= 0.6 is 0 Å². The van der Waals surface area contributed by atoms with Crippen LogP contribution in [-0.4, -0.2) is 25.0 Å². The highest BCUT2D eigenvalue weighted by molar-refractivity contribution is 6.11. The van der Waals surface area contributed by atoms with Crippen LogP contribution in [0, 0.1) is 0 Å². The van der Waals surface area contributed by atoms with Crippen LogP contribution in [0.1, 0.15) is 34.0 Å². The summed E-state index contributed by atoms with van der Waals surface area (Å²) in [6, 6.07) is 13.1. The van der Waals surface area contributed by atoms with Gasteiger partial charge >= 0.3 is 5.97 Å². The Labute approximate surface area is 135 Å². The van der Waals surface area contributed by atoms with E-state index in [0.717, 1.165) is 29.5 Å². The molecule has 0 amide bonds. The molecule has 0 saturated heterocycles. The molecule has 0 bridgehead atoms. The van der Waals surface area contributed by atoms with Crippen LogP contribution in [0.3, 0.4) is 0 Å². The number of hydrogen-bond donors (Lipinski definition) is 0. The first-order valence-electron chi connectivity index (χ1n) is 7.73. The number of hydrogen-bond acceptors (Lipinski definition) is 4. The molecule has 0 aliphatic heterocycles. The fourth-order valence-corrected chi connectivity index (χ4v) is 2.79. The van der Waals surface area contributed by atoms with Crippen molar-refractivity contribution in [2.45, 2.75) is 19.8 Å². The van der Waals surface area contributed by atoms with E-state index in [1.165, 1.54) is 0 Å². The molecule has 118 valence electrons. The highest BCUT2D eigenvalue weighted by atomic mass is 16.6. The molecule has 0 unspecified atom stereocenters. The second kappa shape index (κ2) is 6.65. The van der Waals surface area contributed by atoms with Crippen LogP contribution in [0.2, 0.25) is 0 Å². The molecule has 2 aromatic rings. The zero-order chi connectivity index (χ0) is 16.2. The average molecular weight is 310 g/mol. The van der Waals surface area contributed by atoms with E-state index in [4.69, 9.17) is 9.47 Å².